The molecule has 8 heteroatoms. The molecule has 0 fully saturated rings. The molecule has 0 aliphatic carbocycles. The zero-order chi connectivity index (χ0) is 22.1. The van der Waals surface area contributed by atoms with Gasteiger partial charge in [-0.3, -0.25) is 9.59 Å². The monoisotopic (exact) mass is 427 g/mol. The van der Waals surface area contributed by atoms with E-state index >= 15 is 0 Å². The first-order valence-corrected chi connectivity index (χ1v) is 10.3. The Balaban J connectivity index is 1.31. The van der Waals surface area contributed by atoms with Crippen molar-refractivity contribution in [3.05, 3.63) is 71.8 Å². The van der Waals surface area contributed by atoms with Crippen molar-refractivity contribution in [3.8, 4) is 11.4 Å². The van der Waals surface area contributed by atoms with Gasteiger partial charge < -0.3 is 15.4 Å². The molecule has 0 atom stereocenters. The largest absolute Gasteiger partial charge is 0.481 e. The highest BCUT2D eigenvalue weighted by Gasteiger charge is 2.16. The van der Waals surface area contributed by atoms with Gasteiger partial charge in [-0.1, -0.05) is 24.3 Å². The minimum atomic E-state index is -0.308. The lowest BCUT2D eigenvalue weighted by Crippen LogP contribution is -2.22. The number of ether oxygens (including phenoxy) is 1. The second-order valence-corrected chi connectivity index (χ2v) is 7.71. The Morgan fingerprint density at radius 1 is 1.06 bits per heavy atom. The van der Waals surface area contributed by atoms with Gasteiger partial charge in [-0.15, -0.1) is 15.0 Å². The first-order chi connectivity index (χ1) is 15.5. The number of anilines is 2. The van der Waals surface area contributed by atoms with Gasteiger partial charge in [-0.05, 0) is 60.9 Å². The fourth-order valence-corrected chi connectivity index (χ4v) is 3.66. The Morgan fingerprint density at radius 3 is 2.62 bits per heavy atom. The number of rotatable bonds is 5. The van der Waals surface area contributed by atoms with E-state index in [0.717, 1.165) is 27.8 Å². The Morgan fingerprint density at radius 2 is 1.84 bits per heavy atom. The van der Waals surface area contributed by atoms with Crippen molar-refractivity contribution < 1.29 is 14.3 Å². The van der Waals surface area contributed by atoms with Crippen LogP contribution in [0.2, 0.25) is 0 Å². The quantitative estimate of drug-likeness (QED) is 0.507. The molecular formula is C24H21N5O3. The van der Waals surface area contributed by atoms with Crippen molar-refractivity contribution in [3.63, 3.8) is 0 Å². The number of nitrogens with one attached hydrogen (secondary N) is 2. The molecule has 2 heterocycles. The third-order valence-corrected chi connectivity index (χ3v) is 5.26. The number of aromatic nitrogens is 3. The van der Waals surface area contributed by atoms with Gasteiger partial charge in [0.1, 0.15) is 22.5 Å². The van der Waals surface area contributed by atoms with E-state index in [2.05, 4.69) is 20.8 Å². The van der Waals surface area contributed by atoms with Crippen molar-refractivity contribution in [2.75, 3.05) is 17.2 Å². The van der Waals surface area contributed by atoms with Gasteiger partial charge in [-0.25, -0.2) is 0 Å². The number of benzene rings is 3. The van der Waals surface area contributed by atoms with Gasteiger partial charge in [0.25, 0.3) is 5.91 Å². The molecule has 4 aromatic rings. The third-order valence-electron chi connectivity index (χ3n) is 5.26. The SMILES string of the molecule is Cc1ccc(OCC(=O)Nc2ccc3c(c2)NC(=O)CC3)c(-n2nc3ccccc3n2)c1. The number of amides is 2. The summed E-state index contributed by atoms with van der Waals surface area (Å²) < 4.78 is 5.82. The number of carbonyl (C=O) groups is 2. The topological polar surface area (TPSA) is 98.1 Å². The van der Waals surface area contributed by atoms with Crippen molar-refractivity contribution >= 4 is 34.2 Å². The van der Waals surface area contributed by atoms with Crippen LogP contribution >= 0.6 is 0 Å². The number of nitrogens with zero attached hydrogens (tertiary/aromatic N) is 3. The van der Waals surface area contributed by atoms with E-state index in [1.165, 1.54) is 4.80 Å². The van der Waals surface area contributed by atoms with Crippen LogP contribution in [0.1, 0.15) is 17.5 Å². The van der Waals surface area contributed by atoms with E-state index in [9.17, 15) is 9.59 Å². The zero-order valence-corrected chi connectivity index (χ0v) is 17.5. The summed E-state index contributed by atoms with van der Waals surface area (Å²) in [4.78, 5) is 25.7. The molecule has 0 saturated heterocycles. The maximum absolute atomic E-state index is 12.5. The van der Waals surface area contributed by atoms with Crippen LogP contribution < -0.4 is 15.4 Å². The molecule has 0 spiro atoms. The fourth-order valence-electron chi connectivity index (χ4n) is 3.66. The average molecular weight is 427 g/mol. The summed E-state index contributed by atoms with van der Waals surface area (Å²) in [5.41, 5.74) is 5.62. The van der Waals surface area contributed by atoms with Crippen molar-refractivity contribution in [1.82, 2.24) is 15.0 Å². The van der Waals surface area contributed by atoms with Gasteiger partial charge in [-0.2, -0.15) is 0 Å². The maximum atomic E-state index is 12.5. The maximum Gasteiger partial charge on any atom is 0.262 e. The fraction of sp³-hybridized carbons (Fsp3) is 0.167. The normalized spacial score (nSPS) is 12.8. The molecule has 8 nitrogen and oxygen atoms in total. The van der Waals surface area contributed by atoms with Gasteiger partial charge >= 0.3 is 0 Å². The van der Waals surface area contributed by atoms with Gasteiger partial charge in [0.15, 0.2) is 6.61 Å². The predicted molar refractivity (Wildman–Crippen MR) is 121 cm³/mol. The summed E-state index contributed by atoms with van der Waals surface area (Å²) in [6.45, 7) is 1.79. The van der Waals surface area contributed by atoms with Crippen LogP contribution in [0.4, 0.5) is 11.4 Å². The van der Waals surface area contributed by atoms with Gasteiger partial charge in [0.05, 0.1) is 0 Å². The highest BCUT2D eigenvalue weighted by atomic mass is 16.5. The second kappa shape index (κ2) is 8.14. The standard InChI is InChI=1S/C24H21N5O3/c1-15-6-10-22(21(12-15)29-27-18-4-2-3-5-19(18)28-29)32-14-24(31)25-17-9-7-16-8-11-23(30)26-20(16)13-17/h2-7,9-10,12-13H,8,11,14H2,1H3,(H,25,31)(H,26,30). The molecule has 3 aromatic carbocycles. The molecular weight excluding hydrogens is 406 g/mol. The molecule has 2 amide bonds. The molecule has 2 N–H and O–H groups in total. The molecule has 0 saturated carbocycles. The summed E-state index contributed by atoms with van der Waals surface area (Å²) in [7, 11) is 0. The number of carbonyl (C=O) groups excluding carboxylic acids is 2. The Labute approximate surface area is 184 Å². The summed E-state index contributed by atoms with van der Waals surface area (Å²) >= 11 is 0. The third kappa shape index (κ3) is 4.02. The Hall–Kier alpha value is -4.20. The van der Waals surface area contributed by atoms with E-state index in [4.69, 9.17) is 4.74 Å². The molecule has 1 aromatic heterocycles. The minimum Gasteiger partial charge on any atom is -0.481 e. The van der Waals surface area contributed by atoms with Crippen LogP contribution in [0.3, 0.4) is 0 Å². The van der Waals surface area contributed by atoms with Gasteiger partial charge in [0, 0.05) is 17.8 Å². The average Bonchev–Trinajstić information content (AvgIpc) is 3.22. The van der Waals surface area contributed by atoms with Crippen LogP contribution in [0.25, 0.3) is 16.7 Å². The van der Waals surface area contributed by atoms with Crippen LogP contribution in [-0.2, 0) is 16.0 Å². The molecule has 1 aliphatic heterocycles. The van der Waals surface area contributed by atoms with E-state index in [0.29, 0.717) is 30.0 Å². The number of aryl methyl sites for hydroxylation is 2. The highest BCUT2D eigenvalue weighted by molar-refractivity contribution is 5.96. The minimum absolute atomic E-state index is 0.0175. The lowest BCUT2D eigenvalue weighted by molar-refractivity contribution is -0.118. The molecule has 5 rings (SSSR count). The van der Waals surface area contributed by atoms with Crippen LogP contribution in [0.15, 0.2) is 60.7 Å². The molecule has 0 unspecified atom stereocenters. The van der Waals surface area contributed by atoms with Crippen LogP contribution in [0, 0.1) is 6.92 Å². The van der Waals surface area contributed by atoms with Gasteiger partial charge in [0.2, 0.25) is 5.91 Å². The van der Waals surface area contributed by atoms with E-state index in [-0.39, 0.29) is 18.4 Å². The van der Waals surface area contributed by atoms with Crippen molar-refractivity contribution in [2.24, 2.45) is 0 Å². The lowest BCUT2D eigenvalue weighted by Gasteiger charge is -2.18. The molecule has 0 bridgehead atoms. The number of hydrogen-bond acceptors (Lipinski definition) is 5. The first kappa shape index (κ1) is 19.7. The van der Waals surface area contributed by atoms with Crippen LogP contribution in [-0.4, -0.2) is 33.4 Å². The lowest BCUT2D eigenvalue weighted by atomic mass is 10.0. The smallest absolute Gasteiger partial charge is 0.262 e. The first-order valence-electron chi connectivity index (χ1n) is 10.3. The zero-order valence-electron chi connectivity index (χ0n) is 17.5. The molecule has 0 radical (unpaired) electrons. The number of hydrogen-bond donors (Lipinski definition) is 2. The summed E-state index contributed by atoms with van der Waals surface area (Å²) in [5, 5.41) is 14.7. The van der Waals surface area contributed by atoms with Crippen molar-refractivity contribution in [1.29, 1.82) is 0 Å². The Bertz CT molecular complexity index is 1310. The highest BCUT2D eigenvalue weighted by Crippen LogP contribution is 2.27. The van der Waals surface area contributed by atoms with Crippen molar-refractivity contribution in [2.45, 2.75) is 19.8 Å². The van der Waals surface area contributed by atoms with E-state index < -0.39 is 0 Å². The predicted octanol–water partition coefficient (Wildman–Crippen LogP) is 3.63. The second-order valence-electron chi connectivity index (χ2n) is 7.71. The van der Waals surface area contributed by atoms with E-state index in [1.807, 2.05) is 55.5 Å². The molecule has 1 aliphatic rings. The molecule has 160 valence electrons. The summed E-state index contributed by atoms with van der Waals surface area (Å²) in [5.74, 6) is 0.178. The summed E-state index contributed by atoms with van der Waals surface area (Å²) in [6.07, 6.45) is 1.18. The number of fused-ring (bicyclic) bond motifs is 2. The Kier molecular flexibility index (Phi) is 5.03. The summed E-state index contributed by atoms with van der Waals surface area (Å²) in [6, 6.07) is 18.7. The molecule has 32 heavy (non-hydrogen) atoms. The van der Waals surface area contributed by atoms with Crippen LogP contribution in [0.5, 0.6) is 5.75 Å². The van der Waals surface area contributed by atoms with E-state index in [1.54, 1.807) is 12.1 Å².